The van der Waals surface area contributed by atoms with E-state index in [-0.39, 0.29) is 5.92 Å². The molecule has 4 aromatic heterocycles. The fourth-order valence-corrected chi connectivity index (χ4v) is 14.3. The first kappa shape index (κ1) is 56.7. The van der Waals surface area contributed by atoms with E-state index in [9.17, 15) is 0 Å². The fraction of sp³-hybridized carbons (Fsp3) is 0.327. The van der Waals surface area contributed by atoms with Crippen molar-refractivity contribution in [1.29, 1.82) is 0 Å². The van der Waals surface area contributed by atoms with E-state index in [4.69, 9.17) is 24.7 Å². The maximum atomic E-state index is 8.94. The molecule has 0 unspecified atom stereocenters. The minimum absolute atomic E-state index is 0.140. The molecule has 4 heterocycles. The normalized spacial score (nSPS) is 15.9. The van der Waals surface area contributed by atoms with E-state index < -0.39 is 57.4 Å². The molecule has 12 aromatic rings. The van der Waals surface area contributed by atoms with Crippen LogP contribution in [0.5, 0.6) is 0 Å². The van der Waals surface area contributed by atoms with Gasteiger partial charge in [0.15, 0.2) is 24.8 Å². The van der Waals surface area contributed by atoms with Gasteiger partial charge in [-0.05, 0) is 267 Å². The topological polar surface area (TPSA) is 15.5 Å². The van der Waals surface area contributed by atoms with Crippen molar-refractivity contribution in [2.75, 3.05) is 0 Å². The first-order chi connectivity index (χ1) is 57.0. The molecule has 0 N–H and O–H groups in total. The second kappa shape index (κ2) is 34.1. The number of nitrogens with zero attached hydrogens (tertiary/aromatic N) is 4. The van der Waals surface area contributed by atoms with Crippen molar-refractivity contribution in [2.24, 2.45) is 39.5 Å². The quantitative estimate of drug-likeness (QED) is 0.102. The van der Waals surface area contributed by atoms with Crippen LogP contribution in [-0.4, -0.2) is 0 Å². The molecule has 0 radical (unpaired) electrons. The predicted molar refractivity (Wildman–Crippen MR) is 448 cm³/mol. The third kappa shape index (κ3) is 18.9. The molecule has 4 heteroatoms. The van der Waals surface area contributed by atoms with Crippen LogP contribution in [0.4, 0.5) is 0 Å². The Kier molecular flexibility index (Phi) is 18.4. The third-order valence-corrected chi connectivity index (χ3v) is 20.0. The summed E-state index contributed by atoms with van der Waals surface area (Å²) in [5.74, 6) is -1.30. The molecule has 1 fully saturated rings. The van der Waals surface area contributed by atoms with Crippen molar-refractivity contribution in [1.82, 2.24) is 0 Å². The molecule has 1 aliphatic rings. The van der Waals surface area contributed by atoms with Gasteiger partial charge >= 0.3 is 0 Å². The number of rotatable bonds is 13. The van der Waals surface area contributed by atoms with Gasteiger partial charge in [-0.25, -0.2) is 18.3 Å². The second-order valence-corrected chi connectivity index (χ2v) is 30.3. The molecule has 0 spiro atoms. The van der Waals surface area contributed by atoms with Crippen molar-refractivity contribution in [3.8, 4) is 89.5 Å². The highest BCUT2D eigenvalue weighted by Gasteiger charge is 2.27. The number of pyridine rings is 4. The van der Waals surface area contributed by atoms with E-state index in [1.54, 1.807) is 30.3 Å². The van der Waals surface area contributed by atoms with E-state index in [1.807, 2.05) is 292 Å². The minimum atomic E-state index is -2.22. The molecule has 1 aliphatic carbocycles. The molecular formula is C101H120N4+4. The summed E-state index contributed by atoms with van der Waals surface area (Å²) in [5, 5.41) is 0. The number of hydrogen-bond donors (Lipinski definition) is 0. The maximum Gasteiger partial charge on any atom is 0.212 e. The molecule has 540 valence electrons. The van der Waals surface area contributed by atoms with Gasteiger partial charge in [-0.3, -0.25) is 0 Å². The Bertz CT molecular complexity index is 5850. The summed E-state index contributed by atoms with van der Waals surface area (Å²) >= 11 is 0. The van der Waals surface area contributed by atoms with Crippen LogP contribution in [0, 0.1) is 94.1 Å². The van der Waals surface area contributed by atoms with Gasteiger partial charge in [-0.2, -0.15) is 0 Å². The molecule has 13 rings (SSSR count). The summed E-state index contributed by atoms with van der Waals surface area (Å²) in [5.41, 5.74) is 26.7. The molecule has 0 amide bonds. The smallest absolute Gasteiger partial charge is 0.201 e. The van der Waals surface area contributed by atoms with Crippen molar-refractivity contribution < 1.29 is 42.9 Å². The first-order valence-corrected chi connectivity index (χ1v) is 36.8. The highest BCUT2D eigenvalue weighted by molar-refractivity contribution is 5.79. The van der Waals surface area contributed by atoms with Crippen LogP contribution in [0.3, 0.4) is 0 Å². The summed E-state index contributed by atoms with van der Waals surface area (Å²) in [4.78, 5) is 0. The molecule has 8 aromatic carbocycles. The van der Waals surface area contributed by atoms with Crippen LogP contribution in [0.1, 0.15) is 200 Å². The Hall–Kier alpha value is -9.64. The lowest BCUT2D eigenvalue weighted by atomic mass is 9.86. The Balaban J connectivity index is 0.000000172. The third-order valence-electron chi connectivity index (χ3n) is 20.0. The van der Waals surface area contributed by atoms with Gasteiger partial charge < -0.3 is 0 Å². The van der Waals surface area contributed by atoms with E-state index >= 15 is 0 Å². The Labute approximate surface area is 658 Å². The van der Waals surface area contributed by atoms with Crippen molar-refractivity contribution in [3.05, 3.63) is 308 Å². The number of hydrogen-bond acceptors (Lipinski definition) is 0. The lowest BCUT2D eigenvalue weighted by Gasteiger charge is -2.19. The fourth-order valence-electron chi connectivity index (χ4n) is 14.3. The summed E-state index contributed by atoms with van der Waals surface area (Å²) in [6.07, 6.45) is 9.04. The van der Waals surface area contributed by atoms with Gasteiger partial charge in [0, 0.05) is 93.4 Å². The van der Waals surface area contributed by atoms with Crippen LogP contribution in [0.2, 0.25) is 0 Å². The first-order valence-electron chi connectivity index (χ1n) is 45.8. The number of aromatic nitrogens is 4. The molecule has 4 nitrogen and oxygen atoms in total. The number of benzene rings is 8. The van der Waals surface area contributed by atoms with Crippen LogP contribution in [0.15, 0.2) is 219 Å². The summed E-state index contributed by atoms with van der Waals surface area (Å²) in [7, 11) is 7.86. The van der Waals surface area contributed by atoms with Crippen LogP contribution < -0.4 is 18.3 Å². The number of aryl methyl sites for hydroxylation is 16. The summed E-state index contributed by atoms with van der Waals surface area (Å²) < 4.78 is 155. The van der Waals surface area contributed by atoms with Crippen molar-refractivity contribution >= 4 is 0 Å². The monoisotopic (exact) mass is 1410 g/mol. The highest BCUT2D eigenvalue weighted by Crippen LogP contribution is 2.39. The predicted octanol–water partition coefficient (Wildman–Crippen LogP) is 24.6. The van der Waals surface area contributed by atoms with Gasteiger partial charge in [0.05, 0.1) is 0 Å². The summed E-state index contributed by atoms with van der Waals surface area (Å²) in [6, 6.07) is 61.6. The average molecular weight is 1410 g/mol. The molecule has 105 heavy (non-hydrogen) atoms. The van der Waals surface area contributed by atoms with Crippen LogP contribution in [-0.2, 0) is 40.9 Å². The van der Waals surface area contributed by atoms with Gasteiger partial charge in [-0.15, -0.1) is 0 Å². The average Bonchev–Trinajstić information content (AvgIpc) is 0.949. The Morgan fingerprint density at radius 2 is 0.762 bits per heavy atom. The van der Waals surface area contributed by atoms with E-state index in [2.05, 4.69) is 47.4 Å². The van der Waals surface area contributed by atoms with E-state index in [0.717, 1.165) is 160 Å². The lowest BCUT2D eigenvalue weighted by Crippen LogP contribution is -2.32. The zero-order valence-corrected chi connectivity index (χ0v) is 65.5. The molecule has 0 bridgehead atoms. The van der Waals surface area contributed by atoms with Gasteiger partial charge in [0.1, 0.15) is 28.2 Å². The molecule has 0 saturated heterocycles. The molecular weight excluding hydrogens is 1270 g/mol. The largest absolute Gasteiger partial charge is 0.212 e. The summed E-state index contributed by atoms with van der Waals surface area (Å²) in [6.45, 7) is 20.6. The van der Waals surface area contributed by atoms with Crippen LogP contribution in [0.25, 0.3) is 89.5 Å². The molecule has 1 saturated carbocycles. The van der Waals surface area contributed by atoms with Crippen molar-refractivity contribution in [2.45, 2.75) is 181 Å². The zero-order valence-electron chi connectivity index (χ0n) is 83.5. The van der Waals surface area contributed by atoms with E-state index in [0.29, 0.717) is 44.5 Å². The highest BCUT2D eigenvalue weighted by atomic mass is 14.9. The molecule has 0 aliphatic heterocycles. The molecule has 0 atom stereocenters. The second-order valence-electron chi connectivity index (χ2n) is 30.3. The zero-order chi connectivity index (χ0) is 91.1. The van der Waals surface area contributed by atoms with E-state index in [1.165, 1.54) is 0 Å². The standard InChI is InChI=1S/C26H30N.C26H32N.C25H30N.C24H28N/c1-18-14-19(2)24(16-23(18)21-10-6-5-7-11-21)26-15-20(3)25(17-27(26)4)22-12-8-9-13-22;1-18-14-25(27(7)17-22(18)16-26(4,5)6)24-15-23(19(2)13-20(24)3)21-11-9-8-10-12-21;1-17(2)13-22-16-26(6)25(14-20(22)5)24-15-21(12-11-19(24)4)23-10-8-7-9-18(23)3;1-16(2)23-15-25(6)24(13-19(23)5)22-14-20(12-11-18(22)4)21-10-8-7-9-17(21)3/h5-7,10-11,14-17,22H,8-9,12-13H2,1-4H3;8-15,17H,16H2,1-7H3;7-12,14-17H,13H2,1-6H3;7-16H,1-6H3/q4*+1/i1D3,22D;2D3,16D2;3D3,13D2;3D3,16D. The van der Waals surface area contributed by atoms with Gasteiger partial charge in [0.25, 0.3) is 0 Å². The Morgan fingerprint density at radius 1 is 0.371 bits per heavy atom. The van der Waals surface area contributed by atoms with Crippen LogP contribution >= 0.6 is 0 Å². The van der Waals surface area contributed by atoms with Gasteiger partial charge in [-0.1, -0.05) is 207 Å². The van der Waals surface area contributed by atoms with Crippen molar-refractivity contribution in [3.63, 3.8) is 0 Å². The minimum Gasteiger partial charge on any atom is -0.201 e. The van der Waals surface area contributed by atoms with Gasteiger partial charge in [0.2, 0.25) is 22.8 Å². The lowest BCUT2D eigenvalue weighted by molar-refractivity contribution is -0.661. The maximum absolute atomic E-state index is 8.94. The SMILES string of the molecule is [2H]C([2H])([2H])c1cc(C)c(-c2cc(C)c(C([2H])([2H])C(C)(C)C)c[n+]2C)cc1-c1ccccc1.[2H]C([2H])([2H])c1cc(C)c(-c2cc(C)c(C3([2H])CCCC3)c[n+]2C)cc1-c1ccccc1.[2H]C([2H])([2H])c1ccccc1-c1ccc(C)c(-c2cc(C)c(C([2H])(C)C)c[n+]2C)c1.[2H]C([2H])([2H])c1ccccc1-c1ccc(C)c(-c2cc(C)c(C([2H])([2H])C(C)C)c[n+]2C)c1. The Morgan fingerprint density at radius 3 is 1.20 bits per heavy atom.